The van der Waals surface area contributed by atoms with E-state index < -0.39 is 27.8 Å². The second kappa shape index (κ2) is 7.36. The summed E-state index contributed by atoms with van der Waals surface area (Å²) in [6, 6.07) is 8.83. The number of rotatable bonds is 4. The Kier molecular flexibility index (Phi) is 5.66. The zero-order valence-corrected chi connectivity index (χ0v) is 15.0. The molecule has 0 fully saturated rings. The van der Waals surface area contributed by atoms with Crippen molar-refractivity contribution in [2.75, 3.05) is 12.4 Å². The fourth-order valence-electron chi connectivity index (χ4n) is 2.25. The molecule has 0 bridgehead atoms. The van der Waals surface area contributed by atoms with E-state index in [0.717, 1.165) is 9.87 Å². The molecule has 0 unspecified atom stereocenters. The highest BCUT2D eigenvalue weighted by Crippen LogP contribution is 2.20. The molecule has 0 aromatic heterocycles. The fraction of sp³-hybridized carbons (Fsp3) is 0.471. The third-order valence-electron chi connectivity index (χ3n) is 3.24. The molecule has 1 aromatic carbocycles. The maximum Gasteiger partial charge on any atom is 0.424 e. The SMILES string of the molecule is CC(C)(C)OC(=O)N1[C@@H](COCc2ccccc2)C=CCS1(=O)=O. The average Bonchev–Trinajstić information content (AvgIpc) is 2.45. The van der Waals surface area contributed by atoms with Crippen molar-refractivity contribution in [3.8, 4) is 0 Å². The molecule has 0 saturated heterocycles. The Morgan fingerprint density at radius 3 is 2.54 bits per heavy atom. The van der Waals surface area contributed by atoms with E-state index in [-0.39, 0.29) is 12.4 Å². The smallest absolute Gasteiger partial charge is 0.424 e. The van der Waals surface area contributed by atoms with Crippen molar-refractivity contribution in [1.29, 1.82) is 0 Å². The van der Waals surface area contributed by atoms with E-state index in [0.29, 0.717) is 6.61 Å². The fourth-order valence-corrected chi connectivity index (χ4v) is 3.57. The molecule has 0 N–H and O–H groups in total. The molecule has 0 spiro atoms. The highest BCUT2D eigenvalue weighted by Gasteiger charge is 2.38. The van der Waals surface area contributed by atoms with Gasteiger partial charge in [-0.05, 0) is 26.3 Å². The highest BCUT2D eigenvalue weighted by atomic mass is 32.2. The van der Waals surface area contributed by atoms with Crippen LogP contribution < -0.4 is 0 Å². The van der Waals surface area contributed by atoms with E-state index in [9.17, 15) is 13.2 Å². The van der Waals surface area contributed by atoms with Crippen LogP contribution in [-0.4, -0.2) is 42.8 Å². The zero-order valence-electron chi connectivity index (χ0n) is 14.1. The number of sulfonamides is 1. The van der Waals surface area contributed by atoms with Crippen LogP contribution in [0.1, 0.15) is 26.3 Å². The normalized spacial score (nSPS) is 20.0. The second-order valence-electron chi connectivity index (χ2n) is 6.55. The Labute approximate surface area is 143 Å². The number of carbonyl (C=O) groups is 1. The molecule has 1 aliphatic rings. The Bertz CT molecular complexity index is 691. The largest absolute Gasteiger partial charge is 0.443 e. The molecule has 7 heteroatoms. The zero-order chi connectivity index (χ0) is 17.8. The lowest BCUT2D eigenvalue weighted by atomic mass is 10.2. The molecule has 6 nitrogen and oxygen atoms in total. The van der Waals surface area contributed by atoms with Crippen molar-refractivity contribution >= 4 is 16.1 Å². The predicted octanol–water partition coefficient (Wildman–Crippen LogP) is 2.71. The van der Waals surface area contributed by atoms with E-state index in [2.05, 4.69) is 0 Å². The molecular weight excluding hydrogens is 330 g/mol. The minimum Gasteiger partial charge on any atom is -0.443 e. The van der Waals surface area contributed by atoms with E-state index in [1.807, 2.05) is 30.3 Å². The van der Waals surface area contributed by atoms with Crippen molar-refractivity contribution in [1.82, 2.24) is 4.31 Å². The Balaban J connectivity index is 2.06. The van der Waals surface area contributed by atoms with Crippen molar-refractivity contribution in [2.24, 2.45) is 0 Å². The van der Waals surface area contributed by atoms with Crippen molar-refractivity contribution in [3.05, 3.63) is 48.0 Å². The van der Waals surface area contributed by atoms with Gasteiger partial charge in [-0.2, -0.15) is 4.31 Å². The Morgan fingerprint density at radius 1 is 1.25 bits per heavy atom. The van der Waals surface area contributed by atoms with Crippen molar-refractivity contribution < 1.29 is 22.7 Å². The maximum absolute atomic E-state index is 12.3. The first kappa shape index (κ1) is 18.5. The van der Waals surface area contributed by atoms with Crippen molar-refractivity contribution in [2.45, 2.75) is 39.0 Å². The molecule has 1 amide bonds. The summed E-state index contributed by atoms with van der Waals surface area (Å²) in [4.78, 5) is 12.3. The lowest BCUT2D eigenvalue weighted by Crippen LogP contribution is -2.50. The molecule has 0 aliphatic carbocycles. The van der Waals surface area contributed by atoms with Crippen molar-refractivity contribution in [3.63, 3.8) is 0 Å². The molecule has 24 heavy (non-hydrogen) atoms. The van der Waals surface area contributed by atoms with Crippen LogP contribution in [0.25, 0.3) is 0 Å². The number of benzene rings is 1. The minimum atomic E-state index is -3.75. The molecule has 0 saturated carbocycles. The Hall–Kier alpha value is -1.86. The summed E-state index contributed by atoms with van der Waals surface area (Å²) in [5.74, 6) is -0.221. The predicted molar refractivity (Wildman–Crippen MR) is 90.9 cm³/mol. The van der Waals surface area contributed by atoms with Crippen LogP contribution in [0.3, 0.4) is 0 Å². The van der Waals surface area contributed by atoms with Gasteiger partial charge in [0.2, 0.25) is 10.0 Å². The lowest BCUT2D eigenvalue weighted by Gasteiger charge is -2.33. The van der Waals surface area contributed by atoms with Crippen LogP contribution in [0, 0.1) is 0 Å². The summed E-state index contributed by atoms with van der Waals surface area (Å²) in [5, 5.41) is 0. The summed E-state index contributed by atoms with van der Waals surface area (Å²) < 4.78 is 36.1. The van der Waals surface area contributed by atoms with Crippen LogP contribution >= 0.6 is 0 Å². The summed E-state index contributed by atoms with van der Waals surface area (Å²) in [6.07, 6.45) is 2.32. The van der Waals surface area contributed by atoms with E-state index in [1.54, 1.807) is 26.8 Å². The van der Waals surface area contributed by atoms with Crippen LogP contribution in [0.4, 0.5) is 4.79 Å². The second-order valence-corrected chi connectivity index (χ2v) is 8.44. The van der Waals surface area contributed by atoms with Gasteiger partial charge in [0.15, 0.2) is 0 Å². The summed E-state index contributed by atoms with van der Waals surface area (Å²) >= 11 is 0. The number of ether oxygens (including phenoxy) is 2. The van der Waals surface area contributed by atoms with E-state index in [4.69, 9.17) is 9.47 Å². The van der Waals surface area contributed by atoms with Crippen LogP contribution in [0.5, 0.6) is 0 Å². The van der Waals surface area contributed by atoms with Crippen LogP contribution in [-0.2, 0) is 26.1 Å². The quantitative estimate of drug-likeness (QED) is 0.778. The first-order valence-electron chi connectivity index (χ1n) is 7.72. The summed E-state index contributed by atoms with van der Waals surface area (Å²) in [6.45, 7) is 5.49. The topological polar surface area (TPSA) is 72.9 Å². The van der Waals surface area contributed by atoms with Gasteiger partial charge in [0.25, 0.3) is 0 Å². The van der Waals surface area contributed by atoms with Gasteiger partial charge >= 0.3 is 6.09 Å². The standard InChI is InChI=1S/C17H23NO5S/c1-17(2,3)23-16(19)18-15(10-7-11-24(18,20)21)13-22-12-14-8-5-4-6-9-14/h4-10,15H,11-13H2,1-3H3/t15-/m1/s1. The van der Waals surface area contributed by atoms with Gasteiger partial charge in [0, 0.05) is 0 Å². The number of hydrogen-bond acceptors (Lipinski definition) is 5. The molecule has 1 aromatic rings. The van der Waals surface area contributed by atoms with Gasteiger partial charge in [-0.3, -0.25) is 0 Å². The summed E-state index contributed by atoms with van der Waals surface area (Å²) in [7, 11) is -3.75. The van der Waals surface area contributed by atoms with Gasteiger partial charge in [-0.15, -0.1) is 0 Å². The number of nitrogens with zero attached hydrogens (tertiary/aromatic N) is 1. The first-order chi connectivity index (χ1) is 11.2. The average molecular weight is 353 g/mol. The molecule has 132 valence electrons. The van der Waals surface area contributed by atoms with Gasteiger partial charge in [0.1, 0.15) is 5.60 Å². The van der Waals surface area contributed by atoms with Gasteiger partial charge in [-0.1, -0.05) is 42.5 Å². The summed E-state index contributed by atoms with van der Waals surface area (Å²) in [5.41, 5.74) is 0.201. The number of hydrogen-bond donors (Lipinski definition) is 0. The van der Waals surface area contributed by atoms with Crippen LogP contribution in [0.15, 0.2) is 42.5 Å². The molecular formula is C17H23NO5S. The minimum absolute atomic E-state index is 0.0733. The maximum atomic E-state index is 12.3. The first-order valence-corrected chi connectivity index (χ1v) is 9.33. The Morgan fingerprint density at radius 2 is 1.92 bits per heavy atom. The number of amides is 1. The molecule has 1 atom stereocenters. The van der Waals surface area contributed by atoms with E-state index >= 15 is 0 Å². The van der Waals surface area contributed by atoms with E-state index in [1.165, 1.54) is 6.08 Å². The third-order valence-corrected chi connectivity index (χ3v) is 4.87. The van der Waals surface area contributed by atoms with Gasteiger partial charge in [0.05, 0.1) is 25.0 Å². The monoisotopic (exact) mass is 353 g/mol. The molecule has 2 rings (SSSR count). The lowest BCUT2D eigenvalue weighted by molar-refractivity contribution is 0.0259. The highest BCUT2D eigenvalue weighted by molar-refractivity contribution is 7.89. The van der Waals surface area contributed by atoms with Gasteiger partial charge < -0.3 is 9.47 Å². The number of carbonyl (C=O) groups excluding carboxylic acids is 1. The molecule has 1 heterocycles. The van der Waals surface area contributed by atoms with Gasteiger partial charge in [-0.25, -0.2) is 13.2 Å². The third kappa shape index (κ3) is 5.07. The van der Waals surface area contributed by atoms with Crippen LogP contribution in [0.2, 0.25) is 0 Å². The molecule has 1 aliphatic heterocycles. The molecule has 0 radical (unpaired) electrons.